The summed E-state index contributed by atoms with van der Waals surface area (Å²) in [5, 5.41) is 3.01. The third kappa shape index (κ3) is 4.90. The first-order chi connectivity index (χ1) is 15.2. The van der Waals surface area contributed by atoms with Crippen molar-refractivity contribution >= 4 is 17.5 Å². The van der Waals surface area contributed by atoms with Gasteiger partial charge in [0.05, 0.1) is 5.69 Å². The van der Waals surface area contributed by atoms with E-state index in [0.717, 1.165) is 61.5 Å². The first-order valence-corrected chi connectivity index (χ1v) is 11.3. The lowest BCUT2D eigenvalue weighted by Gasteiger charge is -2.35. The highest BCUT2D eigenvalue weighted by Crippen LogP contribution is 2.32. The molecule has 2 amide bonds. The average molecular weight is 422 g/mol. The number of hydrogen-bond acceptors (Lipinski definition) is 4. The Kier molecular flexibility index (Phi) is 6.87. The summed E-state index contributed by atoms with van der Waals surface area (Å²) in [6.07, 6.45) is 2.97. The number of ether oxygens (including phenoxy) is 1. The normalized spacial score (nSPS) is 17.2. The van der Waals surface area contributed by atoms with Crippen molar-refractivity contribution in [1.82, 2.24) is 10.2 Å². The molecule has 2 aliphatic heterocycles. The number of carbonyl (C=O) groups excluding carboxylic acids is 2. The maximum atomic E-state index is 12.6. The van der Waals surface area contributed by atoms with Crippen LogP contribution in [0.25, 0.3) is 0 Å². The summed E-state index contributed by atoms with van der Waals surface area (Å²) in [6, 6.07) is 15.7. The lowest BCUT2D eigenvalue weighted by Crippen LogP contribution is -2.45. The zero-order valence-electron chi connectivity index (χ0n) is 18.2. The Morgan fingerprint density at radius 3 is 2.61 bits per heavy atom. The Hall–Kier alpha value is -2.86. The predicted molar refractivity (Wildman–Crippen MR) is 122 cm³/mol. The van der Waals surface area contributed by atoms with Gasteiger partial charge in [0.15, 0.2) is 6.61 Å². The minimum atomic E-state index is 0.0144. The van der Waals surface area contributed by atoms with Crippen molar-refractivity contribution in [1.29, 1.82) is 0 Å². The molecule has 0 aliphatic carbocycles. The average Bonchev–Trinajstić information content (AvgIpc) is 2.82. The summed E-state index contributed by atoms with van der Waals surface area (Å²) >= 11 is 0. The molecule has 4 rings (SSSR count). The minimum Gasteiger partial charge on any atom is -0.482 e. The third-order valence-corrected chi connectivity index (χ3v) is 6.22. The summed E-state index contributed by atoms with van der Waals surface area (Å²) in [6.45, 7) is 6.31. The van der Waals surface area contributed by atoms with Crippen molar-refractivity contribution in [3.8, 4) is 5.75 Å². The van der Waals surface area contributed by atoms with E-state index in [2.05, 4.69) is 23.2 Å². The van der Waals surface area contributed by atoms with E-state index in [4.69, 9.17) is 4.74 Å². The maximum absolute atomic E-state index is 12.6. The van der Waals surface area contributed by atoms with E-state index >= 15 is 0 Å². The number of hydrogen-bond donors (Lipinski definition) is 1. The van der Waals surface area contributed by atoms with Crippen LogP contribution in [0.4, 0.5) is 5.69 Å². The Balaban J connectivity index is 1.34. The SMILES string of the molecule is CCCNC(=O)c1ccccc1C1CCN(CCN2C(=O)COc3ccccc32)CC1. The number of fused-ring (bicyclic) bond motifs is 1. The number of benzene rings is 2. The van der Waals surface area contributed by atoms with Gasteiger partial charge in [-0.3, -0.25) is 9.59 Å². The maximum Gasteiger partial charge on any atom is 0.265 e. The van der Waals surface area contributed by atoms with Crippen LogP contribution in [0.2, 0.25) is 0 Å². The lowest BCUT2D eigenvalue weighted by atomic mass is 9.86. The third-order valence-electron chi connectivity index (χ3n) is 6.22. The Morgan fingerprint density at radius 2 is 1.81 bits per heavy atom. The van der Waals surface area contributed by atoms with E-state index in [0.29, 0.717) is 19.0 Å². The van der Waals surface area contributed by atoms with Crippen LogP contribution in [0.3, 0.4) is 0 Å². The second-order valence-electron chi connectivity index (χ2n) is 8.26. The quantitative estimate of drug-likeness (QED) is 0.744. The fraction of sp³-hybridized carbons (Fsp3) is 0.440. The molecule has 2 heterocycles. The van der Waals surface area contributed by atoms with Crippen molar-refractivity contribution in [2.75, 3.05) is 44.2 Å². The van der Waals surface area contributed by atoms with Gasteiger partial charge >= 0.3 is 0 Å². The molecule has 1 N–H and O–H groups in total. The highest BCUT2D eigenvalue weighted by molar-refractivity contribution is 5.97. The molecular weight excluding hydrogens is 390 g/mol. The number of rotatable bonds is 7. The van der Waals surface area contributed by atoms with Crippen LogP contribution < -0.4 is 15.0 Å². The lowest BCUT2D eigenvalue weighted by molar-refractivity contribution is -0.121. The summed E-state index contributed by atoms with van der Waals surface area (Å²) in [7, 11) is 0. The smallest absolute Gasteiger partial charge is 0.265 e. The van der Waals surface area contributed by atoms with E-state index in [1.807, 2.05) is 47.4 Å². The van der Waals surface area contributed by atoms with Crippen molar-refractivity contribution in [2.24, 2.45) is 0 Å². The fourth-order valence-corrected chi connectivity index (χ4v) is 4.50. The number of piperidine rings is 1. The molecule has 1 saturated heterocycles. The molecule has 1 fully saturated rings. The number of amides is 2. The molecule has 0 unspecified atom stereocenters. The van der Waals surface area contributed by atoms with Crippen LogP contribution in [0.5, 0.6) is 5.75 Å². The van der Waals surface area contributed by atoms with Crippen LogP contribution in [0.1, 0.15) is 48.0 Å². The van der Waals surface area contributed by atoms with Gasteiger partial charge in [0.2, 0.25) is 0 Å². The van der Waals surface area contributed by atoms with Crippen molar-refractivity contribution in [2.45, 2.75) is 32.1 Å². The number of nitrogens with one attached hydrogen (secondary N) is 1. The van der Waals surface area contributed by atoms with Crippen molar-refractivity contribution in [3.63, 3.8) is 0 Å². The molecular formula is C25H31N3O3. The molecule has 0 saturated carbocycles. The van der Waals surface area contributed by atoms with E-state index in [-0.39, 0.29) is 18.4 Å². The van der Waals surface area contributed by atoms with Crippen LogP contribution in [0.15, 0.2) is 48.5 Å². The number of para-hydroxylation sites is 2. The van der Waals surface area contributed by atoms with E-state index in [9.17, 15) is 9.59 Å². The van der Waals surface area contributed by atoms with Crippen molar-refractivity contribution in [3.05, 3.63) is 59.7 Å². The highest BCUT2D eigenvalue weighted by Gasteiger charge is 2.27. The topological polar surface area (TPSA) is 61.9 Å². The monoisotopic (exact) mass is 421 g/mol. The highest BCUT2D eigenvalue weighted by atomic mass is 16.5. The second-order valence-corrected chi connectivity index (χ2v) is 8.26. The molecule has 2 aromatic rings. The number of anilines is 1. The minimum absolute atomic E-state index is 0.0144. The van der Waals surface area contributed by atoms with Gasteiger partial charge in [0, 0.05) is 25.2 Å². The molecule has 2 aromatic carbocycles. The summed E-state index contributed by atoms with van der Waals surface area (Å²) in [5.41, 5.74) is 2.83. The standard InChI is InChI=1S/C25H31N3O3/c1-2-13-26-25(30)21-8-4-3-7-20(21)19-11-14-27(15-12-19)16-17-28-22-9-5-6-10-23(22)31-18-24(28)29/h3-10,19H,2,11-18H2,1H3,(H,26,30). The molecule has 164 valence electrons. The molecule has 0 spiro atoms. The Labute approximate surface area is 184 Å². The molecule has 6 heteroatoms. The molecule has 0 atom stereocenters. The largest absolute Gasteiger partial charge is 0.482 e. The van der Waals surface area contributed by atoms with Gasteiger partial charge in [0.25, 0.3) is 11.8 Å². The first kappa shape index (κ1) is 21.4. The zero-order valence-corrected chi connectivity index (χ0v) is 18.2. The molecule has 0 aromatic heterocycles. The second kappa shape index (κ2) is 9.96. The zero-order chi connectivity index (χ0) is 21.6. The Morgan fingerprint density at radius 1 is 1.06 bits per heavy atom. The van der Waals surface area contributed by atoms with Crippen LogP contribution in [0, 0.1) is 0 Å². The van der Waals surface area contributed by atoms with Gasteiger partial charge in [-0.05, 0) is 62.0 Å². The number of likely N-dealkylation sites (tertiary alicyclic amines) is 1. The first-order valence-electron chi connectivity index (χ1n) is 11.3. The fourth-order valence-electron chi connectivity index (χ4n) is 4.50. The molecule has 6 nitrogen and oxygen atoms in total. The van der Waals surface area contributed by atoms with E-state index in [1.54, 1.807) is 0 Å². The van der Waals surface area contributed by atoms with Gasteiger partial charge in [-0.15, -0.1) is 0 Å². The van der Waals surface area contributed by atoms with Crippen molar-refractivity contribution < 1.29 is 14.3 Å². The number of carbonyl (C=O) groups is 2. The van der Waals surface area contributed by atoms with Gasteiger partial charge in [-0.2, -0.15) is 0 Å². The van der Waals surface area contributed by atoms with Crippen LogP contribution >= 0.6 is 0 Å². The summed E-state index contributed by atoms with van der Waals surface area (Å²) in [5.74, 6) is 1.22. The van der Waals surface area contributed by atoms with E-state index in [1.165, 1.54) is 0 Å². The van der Waals surface area contributed by atoms with Gasteiger partial charge < -0.3 is 19.9 Å². The number of nitrogens with zero attached hydrogens (tertiary/aromatic N) is 2. The van der Waals surface area contributed by atoms with Gasteiger partial charge in [0.1, 0.15) is 5.75 Å². The van der Waals surface area contributed by atoms with Crippen LogP contribution in [-0.4, -0.2) is 56.0 Å². The predicted octanol–water partition coefficient (Wildman–Crippen LogP) is 3.43. The molecule has 31 heavy (non-hydrogen) atoms. The summed E-state index contributed by atoms with van der Waals surface area (Å²) in [4.78, 5) is 29.2. The molecule has 0 bridgehead atoms. The van der Waals surface area contributed by atoms with Gasteiger partial charge in [-0.25, -0.2) is 0 Å². The molecule has 2 aliphatic rings. The molecule has 0 radical (unpaired) electrons. The van der Waals surface area contributed by atoms with E-state index < -0.39 is 0 Å². The summed E-state index contributed by atoms with van der Waals surface area (Å²) < 4.78 is 5.54. The van der Waals surface area contributed by atoms with Crippen LogP contribution in [-0.2, 0) is 4.79 Å². The van der Waals surface area contributed by atoms with Gasteiger partial charge in [-0.1, -0.05) is 37.3 Å². The Bertz CT molecular complexity index is 922.